The quantitative estimate of drug-likeness (QED) is 0.549. The molecule has 1 saturated carbocycles. The van der Waals surface area contributed by atoms with Gasteiger partial charge in [0, 0.05) is 0 Å². The smallest absolute Gasteiger partial charge is 0.423 e. The van der Waals surface area contributed by atoms with Crippen molar-refractivity contribution in [2.45, 2.75) is 24.9 Å². The molecule has 1 fully saturated rings. The fourth-order valence-electron chi connectivity index (χ4n) is 2.46. The predicted octanol–water partition coefficient (Wildman–Crippen LogP) is -0.343. The number of hydrogen-bond acceptors (Lipinski definition) is 2. The molecule has 2 aliphatic rings. The van der Waals surface area contributed by atoms with Crippen molar-refractivity contribution in [3.8, 4) is 0 Å². The Balaban J connectivity index is 2.14. The second-order valence-electron chi connectivity index (χ2n) is 4.24. The van der Waals surface area contributed by atoms with Gasteiger partial charge < -0.3 is 15.4 Å². The Hall–Kier alpha value is -0.835. The van der Waals surface area contributed by atoms with Crippen LogP contribution in [0.3, 0.4) is 0 Å². The van der Waals surface area contributed by atoms with Gasteiger partial charge in [-0.2, -0.15) is 0 Å². The molecule has 4 N–H and O–H groups in total. The molecule has 1 aliphatic carbocycles. The molecule has 3 rings (SSSR count). The average Bonchev–Trinajstić information content (AvgIpc) is 2.39. The van der Waals surface area contributed by atoms with E-state index in [1.54, 1.807) is 0 Å². The van der Waals surface area contributed by atoms with E-state index >= 15 is 0 Å². The zero-order valence-electron chi connectivity index (χ0n) is 7.99. The van der Waals surface area contributed by atoms with Gasteiger partial charge in [0.15, 0.2) is 0 Å². The van der Waals surface area contributed by atoms with Gasteiger partial charge in [-0.1, -0.05) is 6.07 Å². The van der Waals surface area contributed by atoms with Crippen molar-refractivity contribution < 1.29 is 15.4 Å². The molecule has 14 heavy (non-hydrogen) atoms. The highest BCUT2D eigenvalue weighted by Crippen LogP contribution is 2.47. The van der Waals surface area contributed by atoms with Crippen molar-refractivity contribution in [1.29, 1.82) is 0 Å². The van der Waals surface area contributed by atoms with Gasteiger partial charge in [-0.25, -0.2) is 0 Å². The van der Waals surface area contributed by atoms with Gasteiger partial charge in [-0.05, 0) is 42.4 Å². The number of quaternary nitrogens is 1. The fraction of sp³-hybridized carbons (Fsp3) is 0.400. The molecule has 4 heteroatoms. The third kappa shape index (κ3) is 0.933. The van der Waals surface area contributed by atoms with Gasteiger partial charge in [0.25, 0.3) is 0 Å². The summed E-state index contributed by atoms with van der Waals surface area (Å²) in [7, 11) is -0.744. The van der Waals surface area contributed by atoms with Crippen LogP contribution in [0.1, 0.15) is 24.8 Å². The predicted molar refractivity (Wildman–Crippen MR) is 53.2 cm³/mol. The van der Waals surface area contributed by atoms with Crippen LogP contribution in [0.25, 0.3) is 0 Å². The fourth-order valence-corrected chi connectivity index (χ4v) is 2.46. The molecule has 1 aromatic carbocycles. The van der Waals surface area contributed by atoms with E-state index in [4.69, 9.17) is 4.65 Å². The Morgan fingerprint density at radius 2 is 2.21 bits per heavy atom. The van der Waals surface area contributed by atoms with Crippen molar-refractivity contribution in [2.24, 2.45) is 0 Å². The topological polar surface area (TPSA) is 57.1 Å². The minimum absolute atomic E-state index is 0.164. The van der Waals surface area contributed by atoms with Gasteiger partial charge in [-0.15, -0.1) is 0 Å². The number of benzene rings is 1. The third-order valence-electron chi connectivity index (χ3n) is 3.37. The number of rotatable bonds is 0. The lowest BCUT2D eigenvalue weighted by molar-refractivity contribution is -0.254. The highest BCUT2D eigenvalue weighted by molar-refractivity contribution is 6.62. The largest absolute Gasteiger partial charge is 0.492 e. The van der Waals surface area contributed by atoms with Gasteiger partial charge in [0.2, 0.25) is 0 Å². The van der Waals surface area contributed by atoms with Crippen LogP contribution in [0.5, 0.6) is 0 Å². The molecule has 1 aromatic rings. The maximum atomic E-state index is 9.76. The van der Waals surface area contributed by atoms with Gasteiger partial charge in [-0.3, -0.25) is 0 Å². The first kappa shape index (κ1) is 8.47. The van der Waals surface area contributed by atoms with Gasteiger partial charge in [0.05, 0.1) is 5.60 Å². The molecular weight excluding hydrogens is 177 g/mol. The van der Waals surface area contributed by atoms with E-state index in [2.05, 4.69) is 5.73 Å². The van der Waals surface area contributed by atoms with Crippen molar-refractivity contribution in [2.75, 3.05) is 0 Å². The van der Waals surface area contributed by atoms with Crippen molar-refractivity contribution in [3.05, 3.63) is 23.8 Å². The van der Waals surface area contributed by atoms with Crippen LogP contribution < -0.4 is 11.2 Å². The van der Waals surface area contributed by atoms with E-state index in [1.807, 2.05) is 18.2 Å². The summed E-state index contributed by atoms with van der Waals surface area (Å²) in [6.45, 7) is 0. The molecule has 1 aliphatic heterocycles. The monoisotopic (exact) mass is 190 g/mol. The van der Waals surface area contributed by atoms with E-state index in [0.717, 1.165) is 24.0 Å². The molecule has 0 radical (unpaired) electrons. The molecule has 0 bridgehead atoms. The lowest BCUT2D eigenvalue weighted by Gasteiger charge is -2.39. The zero-order chi connectivity index (χ0) is 9.76. The summed E-state index contributed by atoms with van der Waals surface area (Å²) >= 11 is 0. The minimum atomic E-state index is -0.744. The molecule has 72 valence electrons. The maximum Gasteiger partial charge on any atom is 0.492 e. The van der Waals surface area contributed by atoms with Crippen LogP contribution in [-0.2, 0) is 10.3 Å². The molecule has 3 nitrogen and oxygen atoms in total. The van der Waals surface area contributed by atoms with Crippen LogP contribution in [0.4, 0.5) is 5.69 Å². The molecule has 0 atom stereocenters. The van der Waals surface area contributed by atoms with E-state index in [0.29, 0.717) is 0 Å². The van der Waals surface area contributed by atoms with Gasteiger partial charge >= 0.3 is 7.12 Å². The minimum Gasteiger partial charge on any atom is -0.423 e. The molecule has 0 saturated heterocycles. The summed E-state index contributed by atoms with van der Waals surface area (Å²) in [5, 5.41) is 9.76. The van der Waals surface area contributed by atoms with Crippen LogP contribution in [0, 0.1) is 0 Å². The van der Waals surface area contributed by atoms with Crippen LogP contribution in [0.2, 0.25) is 0 Å². The van der Waals surface area contributed by atoms with Crippen molar-refractivity contribution in [1.82, 2.24) is 0 Å². The van der Waals surface area contributed by atoms with Crippen molar-refractivity contribution in [3.63, 3.8) is 0 Å². The highest BCUT2D eigenvalue weighted by atomic mass is 16.5. The Morgan fingerprint density at radius 3 is 2.86 bits per heavy atom. The standard InChI is InChI=1S/C10H12BNO2/c12-7-2-3-8-9(6-7)11(13)14-10(8)4-1-5-10/h2-3,6,13H,1,4-5,12H2/p+1. The Morgan fingerprint density at radius 1 is 1.43 bits per heavy atom. The molecule has 0 aromatic heterocycles. The van der Waals surface area contributed by atoms with E-state index in [9.17, 15) is 5.02 Å². The van der Waals surface area contributed by atoms with Crippen molar-refractivity contribution >= 4 is 18.3 Å². The van der Waals surface area contributed by atoms with Crippen LogP contribution >= 0.6 is 0 Å². The van der Waals surface area contributed by atoms with Gasteiger partial charge in [0.1, 0.15) is 5.69 Å². The normalized spacial score (nSPS) is 22.3. The second kappa shape index (κ2) is 2.60. The van der Waals surface area contributed by atoms with E-state index in [-0.39, 0.29) is 5.60 Å². The Kier molecular flexibility index (Phi) is 1.57. The summed E-state index contributed by atoms with van der Waals surface area (Å²) < 4.78 is 5.64. The summed E-state index contributed by atoms with van der Waals surface area (Å²) in [5.41, 5.74) is 6.71. The SMILES string of the molecule is [NH3+]c1ccc2c(c1)B(O)OC21CCC1. The summed E-state index contributed by atoms with van der Waals surface area (Å²) in [4.78, 5) is 0. The first-order valence-corrected chi connectivity index (χ1v) is 5.04. The highest BCUT2D eigenvalue weighted by Gasteiger charge is 2.50. The molecular formula is C10H13BNO2+. The molecule has 0 unspecified atom stereocenters. The van der Waals surface area contributed by atoms with E-state index in [1.165, 1.54) is 12.0 Å². The third-order valence-corrected chi connectivity index (χ3v) is 3.37. The first-order chi connectivity index (χ1) is 6.71. The zero-order valence-corrected chi connectivity index (χ0v) is 7.99. The molecule has 1 spiro atoms. The molecule has 1 heterocycles. The Bertz CT molecular complexity index is 390. The van der Waals surface area contributed by atoms with E-state index < -0.39 is 7.12 Å². The average molecular weight is 190 g/mol. The summed E-state index contributed by atoms with van der Waals surface area (Å²) in [6, 6.07) is 5.96. The number of hydrogen-bond donors (Lipinski definition) is 2. The summed E-state index contributed by atoms with van der Waals surface area (Å²) in [6.07, 6.45) is 3.26. The number of fused-ring (bicyclic) bond motifs is 2. The Labute approximate surface area is 83.0 Å². The van der Waals surface area contributed by atoms with Crippen LogP contribution in [-0.4, -0.2) is 12.1 Å². The molecule has 0 amide bonds. The first-order valence-electron chi connectivity index (χ1n) is 5.04. The lowest BCUT2D eigenvalue weighted by atomic mass is 9.72. The second-order valence-corrected chi connectivity index (χ2v) is 4.24. The maximum absolute atomic E-state index is 9.76. The van der Waals surface area contributed by atoms with Crippen LogP contribution in [0.15, 0.2) is 18.2 Å². The lowest BCUT2D eigenvalue weighted by Crippen LogP contribution is -2.42. The summed E-state index contributed by atoms with van der Waals surface area (Å²) in [5.74, 6) is 0.